The molecule has 0 spiro atoms. The van der Waals surface area contributed by atoms with Crippen LogP contribution in [0.25, 0.3) is 10.8 Å². The number of carbonyl (C=O) groups is 3. The lowest BCUT2D eigenvalue weighted by molar-refractivity contribution is -0.147. The number of hydrogen-bond acceptors (Lipinski definition) is 5. The third kappa shape index (κ3) is 4.41. The molecule has 1 atom stereocenters. The zero-order valence-electron chi connectivity index (χ0n) is 15.4. The number of para-hydroxylation sites is 1. The van der Waals surface area contributed by atoms with Gasteiger partial charge in [0.2, 0.25) is 5.91 Å². The van der Waals surface area contributed by atoms with Crippen molar-refractivity contribution >= 4 is 51.7 Å². The molecule has 4 rings (SSSR count). The van der Waals surface area contributed by atoms with Gasteiger partial charge in [0.1, 0.15) is 0 Å². The lowest BCUT2D eigenvalue weighted by Crippen LogP contribution is -2.32. The molecule has 0 aliphatic carbocycles. The van der Waals surface area contributed by atoms with E-state index in [1.165, 1.54) is 11.8 Å². The molecule has 146 valence electrons. The molecule has 1 aliphatic rings. The number of amides is 2. The average molecular weight is 406 g/mol. The minimum Gasteiger partial charge on any atom is -0.456 e. The summed E-state index contributed by atoms with van der Waals surface area (Å²) in [5.41, 5.74) is 1.39. The van der Waals surface area contributed by atoms with Gasteiger partial charge >= 0.3 is 5.97 Å². The second-order valence-corrected chi connectivity index (χ2v) is 7.78. The van der Waals surface area contributed by atoms with Gasteiger partial charge in [-0.1, -0.05) is 48.5 Å². The van der Waals surface area contributed by atoms with E-state index in [-0.39, 0.29) is 12.3 Å². The van der Waals surface area contributed by atoms with Crippen molar-refractivity contribution < 1.29 is 19.1 Å². The summed E-state index contributed by atoms with van der Waals surface area (Å²) in [6.45, 7) is -0.405. The fourth-order valence-electron chi connectivity index (χ4n) is 3.10. The Morgan fingerprint density at radius 3 is 2.66 bits per heavy atom. The summed E-state index contributed by atoms with van der Waals surface area (Å²) in [6, 6.07) is 20.7. The Bertz CT molecular complexity index is 1090. The molecule has 0 bridgehead atoms. The Morgan fingerprint density at radius 1 is 1.00 bits per heavy atom. The molecule has 7 heteroatoms. The summed E-state index contributed by atoms with van der Waals surface area (Å²) in [4.78, 5) is 37.4. The molecule has 2 amide bonds. The average Bonchev–Trinajstić information content (AvgIpc) is 2.73. The van der Waals surface area contributed by atoms with Crippen molar-refractivity contribution in [2.75, 3.05) is 17.2 Å². The van der Waals surface area contributed by atoms with E-state index >= 15 is 0 Å². The van der Waals surface area contributed by atoms with E-state index in [4.69, 9.17) is 4.74 Å². The maximum atomic E-state index is 12.2. The summed E-state index contributed by atoms with van der Waals surface area (Å²) in [6.07, 6.45) is -0.105. The molecule has 0 saturated heterocycles. The highest BCUT2D eigenvalue weighted by Gasteiger charge is 2.29. The standard InChI is InChI=1S/C22H18N2O4S/c25-20(23-16-10-5-7-14-6-1-2-8-15(14)16)13-28-21(26)12-19-22(27)24-17-9-3-4-11-18(17)29-19/h1-11,19H,12-13H2,(H,23,25)(H,24,27)/t19-/m0/s1. The quantitative estimate of drug-likeness (QED) is 0.629. The fraction of sp³-hybridized carbons (Fsp3) is 0.136. The van der Waals surface area contributed by atoms with Crippen molar-refractivity contribution in [2.24, 2.45) is 0 Å². The van der Waals surface area contributed by atoms with Crippen molar-refractivity contribution in [3.05, 3.63) is 66.7 Å². The van der Waals surface area contributed by atoms with Gasteiger partial charge in [-0.25, -0.2) is 0 Å². The van der Waals surface area contributed by atoms with Crippen LogP contribution in [0, 0.1) is 0 Å². The molecule has 0 saturated carbocycles. The van der Waals surface area contributed by atoms with Gasteiger partial charge in [0.15, 0.2) is 6.61 Å². The number of esters is 1. The first-order valence-corrected chi connectivity index (χ1v) is 9.98. The number of rotatable bonds is 5. The highest BCUT2D eigenvalue weighted by molar-refractivity contribution is 8.01. The topological polar surface area (TPSA) is 84.5 Å². The maximum Gasteiger partial charge on any atom is 0.307 e. The molecule has 0 radical (unpaired) electrons. The SMILES string of the molecule is O=C(COC(=O)C[C@@H]1Sc2ccccc2NC1=O)Nc1cccc2ccccc12. The Morgan fingerprint density at radius 2 is 1.76 bits per heavy atom. The normalized spacial score (nSPS) is 15.3. The predicted molar refractivity (Wildman–Crippen MR) is 113 cm³/mol. The van der Waals surface area contributed by atoms with Gasteiger partial charge < -0.3 is 15.4 Å². The molecule has 2 N–H and O–H groups in total. The van der Waals surface area contributed by atoms with Crippen LogP contribution in [0.2, 0.25) is 0 Å². The number of nitrogens with one attached hydrogen (secondary N) is 2. The molecule has 0 unspecified atom stereocenters. The van der Waals surface area contributed by atoms with Crippen LogP contribution in [0.4, 0.5) is 11.4 Å². The van der Waals surface area contributed by atoms with E-state index in [9.17, 15) is 14.4 Å². The molecule has 0 fully saturated rings. The first-order valence-electron chi connectivity index (χ1n) is 9.10. The lowest BCUT2D eigenvalue weighted by atomic mass is 10.1. The molecule has 6 nitrogen and oxygen atoms in total. The molecule has 29 heavy (non-hydrogen) atoms. The first-order chi connectivity index (χ1) is 14.1. The second-order valence-electron chi connectivity index (χ2n) is 6.53. The van der Waals surface area contributed by atoms with Crippen LogP contribution in [0.1, 0.15) is 6.42 Å². The summed E-state index contributed by atoms with van der Waals surface area (Å²) in [5, 5.41) is 6.87. The summed E-state index contributed by atoms with van der Waals surface area (Å²) in [5.74, 6) is -1.27. The fourth-order valence-corrected chi connectivity index (χ4v) is 4.20. The van der Waals surface area contributed by atoms with Gasteiger partial charge in [-0.3, -0.25) is 14.4 Å². The van der Waals surface area contributed by atoms with Crippen molar-refractivity contribution in [1.82, 2.24) is 0 Å². The zero-order chi connectivity index (χ0) is 20.2. The van der Waals surface area contributed by atoms with Crippen molar-refractivity contribution in [3.63, 3.8) is 0 Å². The summed E-state index contributed by atoms with van der Waals surface area (Å²) < 4.78 is 5.08. The molecular weight excluding hydrogens is 388 g/mol. The molecule has 3 aromatic carbocycles. The number of benzene rings is 3. The Balaban J connectivity index is 1.31. The monoisotopic (exact) mass is 406 g/mol. The predicted octanol–water partition coefficient (Wildman–Crippen LogP) is 3.82. The van der Waals surface area contributed by atoms with Gasteiger partial charge in [-0.2, -0.15) is 0 Å². The summed E-state index contributed by atoms with van der Waals surface area (Å²) in [7, 11) is 0. The Kier molecular flexibility index (Phi) is 5.48. The van der Waals surface area contributed by atoms with Crippen LogP contribution in [-0.2, 0) is 19.1 Å². The first kappa shape index (κ1) is 19.0. The van der Waals surface area contributed by atoms with E-state index in [1.54, 1.807) is 6.07 Å². The van der Waals surface area contributed by atoms with E-state index < -0.39 is 23.7 Å². The Labute approximate surface area is 171 Å². The number of thioether (sulfide) groups is 1. The van der Waals surface area contributed by atoms with Crippen LogP contribution in [0.3, 0.4) is 0 Å². The highest BCUT2D eigenvalue weighted by Crippen LogP contribution is 2.36. The minimum absolute atomic E-state index is 0.105. The van der Waals surface area contributed by atoms with Gasteiger partial charge in [-0.15, -0.1) is 11.8 Å². The smallest absolute Gasteiger partial charge is 0.307 e. The molecule has 1 aliphatic heterocycles. The minimum atomic E-state index is -0.592. The lowest BCUT2D eigenvalue weighted by Gasteiger charge is -2.23. The zero-order valence-corrected chi connectivity index (χ0v) is 16.2. The van der Waals surface area contributed by atoms with Crippen LogP contribution < -0.4 is 10.6 Å². The van der Waals surface area contributed by atoms with Gasteiger partial charge in [-0.05, 0) is 23.6 Å². The maximum absolute atomic E-state index is 12.2. The number of ether oxygens (including phenoxy) is 1. The van der Waals surface area contributed by atoms with E-state index in [1.807, 2.05) is 60.7 Å². The van der Waals surface area contributed by atoms with Crippen LogP contribution >= 0.6 is 11.8 Å². The van der Waals surface area contributed by atoms with Crippen LogP contribution in [-0.4, -0.2) is 29.6 Å². The third-order valence-electron chi connectivity index (χ3n) is 4.49. The number of fused-ring (bicyclic) bond motifs is 2. The molecular formula is C22H18N2O4S. The van der Waals surface area contributed by atoms with Crippen LogP contribution in [0.15, 0.2) is 71.6 Å². The van der Waals surface area contributed by atoms with Gasteiger partial charge in [0.05, 0.1) is 17.4 Å². The molecule has 1 heterocycles. The summed E-state index contributed by atoms with van der Waals surface area (Å²) >= 11 is 1.32. The number of carbonyl (C=O) groups excluding carboxylic acids is 3. The number of anilines is 2. The van der Waals surface area contributed by atoms with E-state index in [0.717, 1.165) is 21.4 Å². The second kappa shape index (κ2) is 8.36. The third-order valence-corrected chi connectivity index (χ3v) is 5.76. The van der Waals surface area contributed by atoms with E-state index in [0.29, 0.717) is 5.69 Å². The van der Waals surface area contributed by atoms with Crippen molar-refractivity contribution in [3.8, 4) is 0 Å². The van der Waals surface area contributed by atoms with Crippen LogP contribution in [0.5, 0.6) is 0 Å². The largest absolute Gasteiger partial charge is 0.456 e. The highest BCUT2D eigenvalue weighted by atomic mass is 32.2. The number of hydrogen-bond donors (Lipinski definition) is 2. The van der Waals surface area contributed by atoms with E-state index in [2.05, 4.69) is 10.6 Å². The van der Waals surface area contributed by atoms with Gasteiger partial charge in [0.25, 0.3) is 5.91 Å². The van der Waals surface area contributed by atoms with Gasteiger partial charge in [0, 0.05) is 16.0 Å². The van der Waals surface area contributed by atoms with Crippen molar-refractivity contribution in [2.45, 2.75) is 16.6 Å². The molecule has 0 aromatic heterocycles. The van der Waals surface area contributed by atoms with Crippen molar-refractivity contribution in [1.29, 1.82) is 0 Å². The molecule has 3 aromatic rings. The Hall–Kier alpha value is -3.32.